The lowest BCUT2D eigenvalue weighted by Crippen LogP contribution is -2.39. The number of aryl methyl sites for hydroxylation is 1. The molecule has 5 rings (SSSR count). The number of aromatic nitrogens is 2. The molecule has 1 aromatic heterocycles. The van der Waals surface area contributed by atoms with Gasteiger partial charge in [-0.05, 0) is 69.2 Å². The summed E-state index contributed by atoms with van der Waals surface area (Å²) in [5.41, 5.74) is 2.23. The van der Waals surface area contributed by atoms with E-state index in [4.69, 9.17) is 14.5 Å². The van der Waals surface area contributed by atoms with Crippen molar-refractivity contribution in [2.75, 3.05) is 29.9 Å². The quantitative estimate of drug-likeness (QED) is 0.410. The number of hydrogen-bond acceptors (Lipinski definition) is 7. The third-order valence-electron chi connectivity index (χ3n) is 6.98. The summed E-state index contributed by atoms with van der Waals surface area (Å²) in [6, 6.07) is 9.63. The Morgan fingerprint density at radius 2 is 1.88 bits per heavy atom. The van der Waals surface area contributed by atoms with E-state index < -0.39 is 35.4 Å². The number of morpholine rings is 1. The number of fused-ring (bicyclic) bond motifs is 1. The molecule has 3 aromatic rings. The average Bonchev–Trinajstić information content (AvgIpc) is 3.36. The number of carbonyl (C=O) groups is 2. The van der Waals surface area contributed by atoms with Crippen LogP contribution in [-0.4, -0.2) is 52.2 Å². The van der Waals surface area contributed by atoms with Gasteiger partial charge in [-0.15, -0.1) is 0 Å². The van der Waals surface area contributed by atoms with Crippen LogP contribution in [0, 0.1) is 6.92 Å². The minimum absolute atomic E-state index is 0.0519. The molecule has 0 spiro atoms. The summed E-state index contributed by atoms with van der Waals surface area (Å²) in [5, 5.41) is 2.56. The Kier molecular flexibility index (Phi) is 7.84. The van der Waals surface area contributed by atoms with Crippen molar-refractivity contribution in [3.05, 3.63) is 82.2 Å². The molecule has 1 unspecified atom stereocenters. The maximum absolute atomic E-state index is 13.1. The summed E-state index contributed by atoms with van der Waals surface area (Å²) in [6.45, 7) is 9.45. The molecule has 42 heavy (non-hydrogen) atoms. The van der Waals surface area contributed by atoms with E-state index in [0.717, 1.165) is 34.5 Å². The fourth-order valence-electron chi connectivity index (χ4n) is 4.88. The molecule has 0 radical (unpaired) electrons. The monoisotopic (exact) mass is 583 g/mol. The zero-order chi connectivity index (χ0) is 30.2. The number of halogens is 3. The van der Waals surface area contributed by atoms with Gasteiger partial charge in [0.1, 0.15) is 11.7 Å². The highest BCUT2D eigenvalue weighted by molar-refractivity contribution is 6.04. The molecule has 9 nitrogen and oxygen atoms in total. The van der Waals surface area contributed by atoms with Crippen LogP contribution in [0.3, 0.4) is 0 Å². The van der Waals surface area contributed by atoms with Crippen molar-refractivity contribution in [1.29, 1.82) is 0 Å². The van der Waals surface area contributed by atoms with Crippen LogP contribution < -0.4 is 10.2 Å². The lowest BCUT2D eigenvalue weighted by molar-refractivity contribution is -0.137. The van der Waals surface area contributed by atoms with Gasteiger partial charge in [0, 0.05) is 29.6 Å². The van der Waals surface area contributed by atoms with Crippen molar-refractivity contribution < 1.29 is 32.2 Å². The molecule has 1 saturated heterocycles. The van der Waals surface area contributed by atoms with Crippen molar-refractivity contribution in [2.24, 2.45) is 0 Å². The Labute approximate surface area is 241 Å². The number of ether oxygens (including phenoxy) is 2. The number of nitrogens with zero attached hydrogens (tertiary/aromatic N) is 4. The number of benzene rings is 2. The molecular formula is C30H32F3N5O4. The van der Waals surface area contributed by atoms with Crippen molar-refractivity contribution >= 4 is 23.6 Å². The Morgan fingerprint density at radius 3 is 2.62 bits per heavy atom. The summed E-state index contributed by atoms with van der Waals surface area (Å²) in [6.07, 6.45) is -3.57. The second-order valence-electron chi connectivity index (χ2n) is 11.4. The van der Waals surface area contributed by atoms with E-state index in [1.54, 1.807) is 29.3 Å². The normalized spacial score (nSPS) is 17.2. The lowest BCUT2D eigenvalue weighted by atomic mass is 9.98. The molecule has 1 N–H and O–H groups in total. The Morgan fingerprint density at radius 1 is 1.10 bits per heavy atom. The van der Waals surface area contributed by atoms with Crippen LogP contribution in [0.15, 0.2) is 48.7 Å². The maximum atomic E-state index is 13.1. The molecule has 3 heterocycles. The third-order valence-corrected chi connectivity index (χ3v) is 6.98. The molecule has 2 aliphatic heterocycles. The van der Waals surface area contributed by atoms with E-state index in [-0.39, 0.29) is 5.69 Å². The summed E-state index contributed by atoms with van der Waals surface area (Å²) in [5.74, 6) is -0.0103. The first kappa shape index (κ1) is 29.3. The molecule has 2 aromatic carbocycles. The van der Waals surface area contributed by atoms with Crippen LogP contribution in [0.5, 0.6) is 0 Å². The molecule has 0 aliphatic carbocycles. The highest BCUT2D eigenvalue weighted by Gasteiger charge is 2.32. The topological polar surface area (TPSA) is 96.9 Å². The minimum atomic E-state index is -4.51. The summed E-state index contributed by atoms with van der Waals surface area (Å²) >= 11 is 0. The molecule has 1 fully saturated rings. The lowest BCUT2D eigenvalue weighted by Gasteiger charge is -2.34. The summed E-state index contributed by atoms with van der Waals surface area (Å²) in [7, 11) is 0. The van der Waals surface area contributed by atoms with Crippen molar-refractivity contribution in [2.45, 2.75) is 58.7 Å². The van der Waals surface area contributed by atoms with Gasteiger partial charge in [-0.25, -0.2) is 14.8 Å². The third kappa shape index (κ3) is 6.64. The molecule has 12 heteroatoms. The smallest absolute Gasteiger partial charge is 0.416 e. The van der Waals surface area contributed by atoms with Crippen molar-refractivity contribution in [1.82, 2.24) is 14.9 Å². The van der Waals surface area contributed by atoms with E-state index in [1.165, 1.54) is 12.1 Å². The second kappa shape index (κ2) is 11.2. The van der Waals surface area contributed by atoms with Gasteiger partial charge in [0.15, 0.2) is 0 Å². The molecule has 0 saturated carbocycles. The Bertz CT molecular complexity index is 1500. The molecule has 2 aliphatic rings. The molecule has 0 bridgehead atoms. The van der Waals surface area contributed by atoms with Gasteiger partial charge in [0.2, 0.25) is 5.95 Å². The first-order valence-electron chi connectivity index (χ1n) is 13.6. The number of hydrogen-bond donors (Lipinski definition) is 1. The van der Waals surface area contributed by atoms with Crippen LogP contribution >= 0.6 is 0 Å². The molecule has 2 amide bonds. The van der Waals surface area contributed by atoms with E-state index in [1.807, 2.05) is 32.6 Å². The maximum Gasteiger partial charge on any atom is 0.416 e. The van der Waals surface area contributed by atoms with Gasteiger partial charge in [-0.3, -0.25) is 9.69 Å². The Hall–Kier alpha value is -4.19. The Balaban J connectivity index is 1.29. The zero-order valence-electron chi connectivity index (χ0n) is 23.8. The average molecular weight is 584 g/mol. The highest BCUT2D eigenvalue weighted by atomic mass is 19.4. The van der Waals surface area contributed by atoms with E-state index in [9.17, 15) is 22.8 Å². The number of carbonyl (C=O) groups excluding carboxylic acids is 2. The van der Waals surface area contributed by atoms with Gasteiger partial charge >= 0.3 is 12.3 Å². The van der Waals surface area contributed by atoms with Crippen molar-refractivity contribution in [3.8, 4) is 0 Å². The van der Waals surface area contributed by atoms with Crippen LogP contribution in [0.25, 0.3) is 0 Å². The molecular weight excluding hydrogens is 551 g/mol. The first-order chi connectivity index (χ1) is 19.8. The molecule has 1 atom stereocenters. The van der Waals surface area contributed by atoms with Crippen LogP contribution in [0.1, 0.15) is 65.2 Å². The number of nitrogens with one attached hydrogen (secondary N) is 1. The largest absolute Gasteiger partial charge is 0.444 e. The van der Waals surface area contributed by atoms with Crippen LogP contribution in [0.2, 0.25) is 0 Å². The van der Waals surface area contributed by atoms with E-state index in [2.05, 4.69) is 10.3 Å². The number of rotatable bonds is 4. The first-order valence-corrected chi connectivity index (χ1v) is 13.6. The number of anilines is 2. The van der Waals surface area contributed by atoms with Gasteiger partial charge < -0.3 is 19.7 Å². The van der Waals surface area contributed by atoms with Gasteiger partial charge in [-0.2, -0.15) is 13.2 Å². The minimum Gasteiger partial charge on any atom is -0.444 e. The predicted octanol–water partition coefficient (Wildman–Crippen LogP) is 5.88. The fraction of sp³-hybridized carbons (Fsp3) is 0.400. The molecule has 222 valence electrons. The summed E-state index contributed by atoms with van der Waals surface area (Å²) in [4.78, 5) is 38.4. The zero-order valence-corrected chi connectivity index (χ0v) is 23.8. The SMILES string of the molecule is Cc1ccc(C(=O)Nc2cccc(C(F)(F)F)c2)cc1C1CN(c2ncc3c(n2)CN(C(=O)OC(C)(C)C)C3)CCO1. The van der Waals surface area contributed by atoms with Crippen molar-refractivity contribution in [3.63, 3.8) is 0 Å². The summed E-state index contributed by atoms with van der Waals surface area (Å²) < 4.78 is 50.8. The van der Waals surface area contributed by atoms with E-state index >= 15 is 0 Å². The van der Waals surface area contributed by atoms with Gasteiger partial charge in [0.05, 0.1) is 37.5 Å². The number of alkyl halides is 3. The van der Waals surface area contributed by atoms with Crippen LogP contribution in [-0.2, 0) is 28.7 Å². The van der Waals surface area contributed by atoms with Gasteiger partial charge in [0.25, 0.3) is 5.91 Å². The predicted molar refractivity (Wildman–Crippen MR) is 149 cm³/mol. The van der Waals surface area contributed by atoms with Crippen LogP contribution in [0.4, 0.5) is 29.6 Å². The van der Waals surface area contributed by atoms with Gasteiger partial charge in [-0.1, -0.05) is 12.1 Å². The number of amides is 2. The fourth-order valence-corrected chi connectivity index (χ4v) is 4.88. The standard InChI is InChI=1S/C30H32F3N5O4/c1-18-8-9-19(26(39)35-22-7-5-6-21(13-22)30(31,32)33)12-23(18)25-17-37(10-11-41-25)27-34-14-20-15-38(16-24(20)36-27)28(40)42-29(2,3)4/h5-9,12-14,25H,10-11,15-17H2,1-4H3,(H,35,39). The highest BCUT2D eigenvalue weighted by Crippen LogP contribution is 2.32. The van der Waals surface area contributed by atoms with E-state index in [0.29, 0.717) is 44.3 Å². The second-order valence-corrected chi connectivity index (χ2v) is 11.4.